The third kappa shape index (κ3) is 5.94. The first kappa shape index (κ1) is 29.4. The van der Waals surface area contributed by atoms with Crippen LogP contribution in [0.4, 0.5) is 0 Å². The summed E-state index contributed by atoms with van der Waals surface area (Å²) in [5, 5.41) is 42.5. The molecule has 2 aromatic heterocycles. The topological polar surface area (TPSA) is 152 Å². The van der Waals surface area contributed by atoms with Gasteiger partial charge in [0.2, 0.25) is 0 Å². The van der Waals surface area contributed by atoms with E-state index in [1.165, 1.54) is 0 Å². The number of aromatic nitrogens is 4. The fourth-order valence-corrected chi connectivity index (χ4v) is 5.02. The van der Waals surface area contributed by atoms with Gasteiger partial charge in [0.15, 0.2) is 0 Å². The number of halogens is 3. The lowest BCUT2D eigenvalue weighted by atomic mass is 9.98. The Balaban J connectivity index is 0.000000211. The number of alkyl halides is 1. The predicted molar refractivity (Wildman–Crippen MR) is 149 cm³/mol. The summed E-state index contributed by atoms with van der Waals surface area (Å²) < 4.78 is 0. The van der Waals surface area contributed by atoms with E-state index in [1.807, 2.05) is 19.9 Å². The van der Waals surface area contributed by atoms with Crippen LogP contribution in [0.15, 0.2) is 24.3 Å². The van der Waals surface area contributed by atoms with Gasteiger partial charge in [0.1, 0.15) is 11.4 Å². The van der Waals surface area contributed by atoms with Crippen LogP contribution in [0.25, 0.3) is 22.5 Å². The van der Waals surface area contributed by atoms with Crippen molar-refractivity contribution in [2.75, 3.05) is 0 Å². The van der Waals surface area contributed by atoms with E-state index in [-0.39, 0.29) is 17.7 Å². The van der Waals surface area contributed by atoms with Gasteiger partial charge in [0.25, 0.3) is 0 Å². The van der Waals surface area contributed by atoms with Crippen LogP contribution < -0.4 is 0 Å². The maximum atomic E-state index is 11.2. The third-order valence-electron chi connectivity index (χ3n) is 5.96. The van der Waals surface area contributed by atoms with Crippen LogP contribution >= 0.6 is 39.1 Å². The molecule has 0 radical (unpaired) electrons. The van der Waals surface area contributed by atoms with Crippen LogP contribution in [0.1, 0.15) is 54.4 Å². The van der Waals surface area contributed by atoms with E-state index in [9.17, 15) is 14.7 Å². The second kappa shape index (κ2) is 12.1. The van der Waals surface area contributed by atoms with Crippen molar-refractivity contribution < 1.29 is 24.9 Å². The number of aliphatic hydroxyl groups excluding tert-OH is 1. The summed E-state index contributed by atoms with van der Waals surface area (Å²) in [6.45, 7) is 7.04. The molecule has 0 saturated carbocycles. The molecule has 0 fully saturated rings. The lowest BCUT2D eigenvalue weighted by Gasteiger charge is -2.08. The zero-order valence-corrected chi connectivity index (χ0v) is 24.0. The molecule has 0 saturated heterocycles. The first-order valence-electron chi connectivity index (χ1n) is 11.2. The van der Waals surface area contributed by atoms with Gasteiger partial charge in [0.05, 0.1) is 39.2 Å². The molecule has 12 heteroatoms. The molecule has 9 nitrogen and oxygen atoms in total. The number of carboxylic acid groups (broad SMARTS) is 2. The summed E-state index contributed by atoms with van der Waals surface area (Å²) in [7, 11) is 0. The van der Waals surface area contributed by atoms with E-state index in [2.05, 4.69) is 36.3 Å². The van der Waals surface area contributed by atoms with Crippen molar-refractivity contribution in [3.05, 3.63) is 79.1 Å². The molecular formula is C26H25BrCl2N4O5. The predicted octanol–water partition coefficient (Wildman–Crippen LogP) is 6.48. The quantitative estimate of drug-likeness (QED) is 0.154. The van der Waals surface area contributed by atoms with Gasteiger partial charge in [-0.1, -0.05) is 51.3 Å². The minimum absolute atomic E-state index is 0.213. The number of hydrogen-bond acceptors (Lipinski definition) is 5. The molecule has 0 atom stereocenters. The SMILES string of the molecule is Cc1cc(C)c(-c2n[nH]c(CBr)c2Cl)cc1C(=O)O.Cc1cc(C)c(-c2n[nH]c(CO)c2Cl)cc1C(=O)O. The molecular weight excluding hydrogens is 599 g/mol. The van der Waals surface area contributed by atoms with E-state index in [1.54, 1.807) is 32.0 Å². The standard InChI is InChI=1S/C13H12BrClN2O2.C13H13ClN2O3/c1-6-3-7(2)9(13(18)19)4-8(6)12-11(15)10(5-14)16-17-12;1-6-3-7(2)9(13(18)19)4-8(6)12-11(14)10(5-17)15-16-12/h3-4H,5H2,1-2H3,(H,16,17)(H,18,19);3-4,17H,5H2,1-2H3,(H,15,16)(H,18,19). The number of nitrogens with one attached hydrogen (secondary N) is 2. The van der Waals surface area contributed by atoms with E-state index >= 15 is 0 Å². The number of rotatable bonds is 6. The normalized spacial score (nSPS) is 10.7. The molecule has 0 aliphatic heterocycles. The largest absolute Gasteiger partial charge is 0.478 e. The van der Waals surface area contributed by atoms with Crippen LogP contribution in [0.5, 0.6) is 0 Å². The zero-order chi connectivity index (χ0) is 28.3. The summed E-state index contributed by atoms with van der Waals surface area (Å²) >= 11 is 15.6. The molecule has 0 bridgehead atoms. The number of hydrogen-bond donors (Lipinski definition) is 5. The van der Waals surface area contributed by atoms with Gasteiger partial charge in [0, 0.05) is 16.5 Å². The van der Waals surface area contributed by atoms with Crippen LogP contribution in [-0.2, 0) is 11.9 Å². The van der Waals surface area contributed by atoms with Gasteiger partial charge in [-0.2, -0.15) is 10.2 Å². The summed E-state index contributed by atoms with van der Waals surface area (Å²) in [6, 6.07) is 6.78. The van der Waals surface area contributed by atoms with Gasteiger partial charge in [-0.15, -0.1) is 0 Å². The van der Waals surface area contributed by atoms with Crippen molar-refractivity contribution in [3.8, 4) is 22.5 Å². The second-order valence-electron chi connectivity index (χ2n) is 8.60. The van der Waals surface area contributed by atoms with Crippen molar-refractivity contribution in [3.63, 3.8) is 0 Å². The first-order valence-corrected chi connectivity index (χ1v) is 13.1. The van der Waals surface area contributed by atoms with Gasteiger partial charge < -0.3 is 15.3 Å². The highest BCUT2D eigenvalue weighted by molar-refractivity contribution is 9.08. The molecule has 0 aliphatic rings. The number of carbonyl (C=O) groups is 2. The van der Waals surface area contributed by atoms with Crippen LogP contribution in [0, 0.1) is 27.7 Å². The molecule has 4 aromatic rings. The third-order valence-corrected chi connectivity index (χ3v) is 7.33. The molecule has 0 spiro atoms. The Morgan fingerprint density at radius 3 is 1.47 bits per heavy atom. The molecule has 200 valence electrons. The number of carboxylic acids is 2. The lowest BCUT2D eigenvalue weighted by Crippen LogP contribution is -2.01. The van der Waals surface area contributed by atoms with Crippen molar-refractivity contribution >= 4 is 51.1 Å². The summed E-state index contributed by atoms with van der Waals surface area (Å²) in [6.07, 6.45) is 0. The fourth-order valence-electron chi connectivity index (χ4n) is 3.95. The summed E-state index contributed by atoms with van der Waals surface area (Å²) in [5.41, 5.74) is 7.29. The number of aryl methyl sites for hydroxylation is 4. The number of aliphatic hydroxyl groups is 1. The van der Waals surface area contributed by atoms with Crippen LogP contribution in [-0.4, -0.2) is 47.7 Å². The van der Waals surface area contributed by atoms with Gasteiger partial charge in [-0.3, -0.25) is 10.2 Å². The second-order valence-corrected chi connectivity index (χ2v) is 9.91. The fraction of sp³-hybridized carbons (Fsp3) is 0.231. The highest BCUT2D eigenvalue weighted by atomic mass is 79.9. The minimum Gasteiger partial charge on any atom is -0.478 e. The highest BCUT2D eigenvalue weighted by Gasteiger charge is 2.19. The Morgan fingerprint density at radius 1 is 0.763 bits per heavy atom. The zero-order valence-electron chi connectivity index (χ0n) is 20.9. The average molecular weight is 624 g/mol. The van der Waals surface area contributed by atoms with E-state index in [0.717, 1.165) is 27.9 Å². The van der Waals surface area contributed by atoms with Gasteiger partial charge in [-0.25, -0.2) is 9.59 Å². The minimum atomic E-state index is -0.993. The van der Waals surface area contributed by atoms with Crippen molar-refractivity contribution in [1.82, 2.24) is 20.4 Å². The Morgan fingerprint density at radius 2 is 1.16 bits per heavy atom. The first-order chi connectivity index (χ1) is 17.9. The van der Waals surface area contributed by atoms with Gasteiger partial charge in [-0.05, 0) is 62.1 Å². The number of benzene rings is 2. The van der Waals surface area contributed by atoms with Crippen LogP contribution in [0.3, 0.4) is 0 Å². The van der Waals surface area contributed by atoms with Crippen molar-refractivity contribution in [2.45, 2.75) is 39.6 Å². The summed E-state index contributed by atoms with van der Waals surface area (Å²) in [5.74, 6) is -1.95. The van der Waals surface area contributed by atoms with E-state index in [0.29, 0.717) is 43.6 Å². The molecule has 38 heavy (non-hydrogen) atoms. The smallest absolute Gasteiger partial charge is 0.335 e. The van der Waals surface area contributed by atoms with E-state index in [4.69, 9.17) is 33.4 Å². The number of H-pyrrole nitrogens is 2. The molecule has 0 unspecified atom stereocenters. The van der Waals surface area contributed by atoms with Gasteiger partial charge >= 0.3 is 11.9 Å². The highest BCUT2D eigenvalue weighted by Crippen LogP contribution is 2.34. The van der Waals surface area contributed by atoms with Crippen molar-refractivity contribution in [2.24, 2.45) is 0 Å². The molecule has 4 rings (SSSR count). The number of aromatic carboxylic acids is 2. The molecule has 2 aromatic carbocycles. The van der Waals surface area contributed by atoms with E-state index < -0.39 is 11.9 Å². The Labute approximate surface area is 237 Å². The Kier molecular flexibility index (Phi) is 9.37. The van der Waals surface area contributed by atoms with Crippen molar-refractivity contribution in [1.29, 1.82) is 0 Å². The molecule has 5 N–H and O–H groups in total. The monoisotopic (exact) mass is 622 g/mol. The maximum absolute atomic E-state index is 11.2. The van der Waals surface area contributed by atoms with Crippen LogP contribution in [0.2, 0.25) is 10.0 Å². The lowest BCUT2D eigenvalue weighted by molar-refractivity contribution is 0.0685. The maximum Gasteiger partial charge on any atom is 0.335 e. The molecule has 2 heterocycles. The Hall–Kier alpha value is -3.18. The number of aromatic amines is 2. The summed E-state index contributed by atoms with van der Waals surface area (Å²) in [4.78, 5) is 22.4. The molecule has 0 amide bonds. The average Bonchev–Trinajstić information content (AvgIpc) is 3.40. The molecule has 0 aliphatic carbocycles. The Bertz CT molecular complexity index is 1420. The number of nitrogens with zero attached hydrogens (tertiary/aromatic N) is 2.